The summed E-state index contributed by atoms with van der Waals surface area (Å²) in [6, 6.07) is 17.4. The van der Waals surface area contributed by atoms with E-state index in [4.69, 9.17) is 14.2 Å². The lowest BCUT2D eigenvalue weighted by Crippen LogP contribution is -2.61. The van der Waals surface area contributed by atoms with Crippen LogP contribution < -0.4 is 5.32 Å². The van der Waals surface area contributed by atoms with Crippen LogP contribution in [0.2, 0.25) is 0 Å². The lowest BCUT2D eigenvalue weighted by molar-refractivity contribution is -0.175. The maximum atomic E-state index is 13.4. The van der Waals surface area contributed by atoms with Gasteiger partial charge in [-0.15, -0.1) is 0 Å². The van der Waals surface area contributed by atoms with E-state index in [1.807, 2.05) is 60.7 Å². The average Bonchev–Trinajstić information content (AvgIpc) is 2.93. The number of nitrogens with one attached hydrogen (secondary N) is 1. The Bertz CT molecular complexity index is 1180. The van der Waals surface area contributed by atoms with Crippen LogP contribution in [0.5, 0.6) is 0 Å². The van der Waals surface area contributed by atoms with Crippen molar-refractivity contribution in [2.75, 3.05) is 33.0 Å². The molecule has 11 heteroatoms. The smallest absolute Gasteiger partial charge is 0.407 e. The highest BCUT2D eigenvalue weighted by Gasteiger charge is 2.38. The van der Waals surface area contributed by atoms with Crippen molar-refractivity contribution in [2.24, 2.45) is 5.41 Å². The predicted molar refractivity (Wildman–Crippen MR) is 143 cm³/mol. The lowest BCUT2D eigenvalue weighted by atomic mass is 9.98. The molecule has 0 aromatic heterocycles. The molecule has 0 unspecified atom stereocenters. The van der Waals surface area contributed by atoms with E-state index >= 15 is 0 Å². The Morgan fingerprint density at radius 3 is 2.12 bits per heavy atom. The van der Waals surface area contributed by atoms with Gasteiger partial charge in [0.2, 0.25) is 18.6 Å². The number of nitrogens with zero attached hydrogens (tertiary/aromatic N) is 2. The Hall–Kier alpha value is -4.41. The third-order valence-corrected chi connectivity index (χ3v) is 6.11. The van der Waals surface area contributed by atoms with E-state index in [9.17, 15) is 24.0 Å². The van der Waals surface area contributed by atoms with Gasteiger partial charge >= 0.3 is 18.0 Å². The van der Waals surface area contributed by atoms with E-state index in [0.717, 1.165) is 11.1 Å². The van der Waals surface area contributed by atoms with Crippen molar-refractivity contribution >= 4 is 29.8 Å². The molecule has 214 valence electrons. The van der Waals surface area contributed by atoms with E-state index in [1.165, 1.54) is 9.80 Å². The average molecular weight is 554 g/mol. The molecule has 0 spiro atoms. The first-order valence-electron chi connectivity index (χ1n) is 12.9. The zero-order valence-electron chi connectivity index (χ0n) is 23.0. The number of carbonyl (C=O) groups excluding carboxylic acids is 5. The monoisotopic (exact) mass is 553 g/mol. The molecule has 1 heterocycles. The van der Waals surface area contributed by atoms with Gasteiger partial charge in [-0.05, 0) is 31.9 Å². The van der Waals surface area contributed by atoms with E-state index in [1.54, 1.807) is 20.8 Å². The molecule has 0 radical (unpaired) electrons. The highest BCUT2D eigenvalue weighted by atomic mass is 16.7. The van der Waals surface area contributed by atoms with Crippen molar-refractivity contribution in [3.8, 4) is 0 Å². The fourth-order valence-electron chi connectivity index (χ4n) is 3.92. The molecule has 1 aliphatic rings. The molecule has 0 bridgehead atoms. The molecule has 1 saturated heterocycles. The third kappa shape index (κ3) is 9.11. The lowest BCUT2D eigenvalue weighted by Gasteiger charge is -2.40. The van der Waals surface area contributed by atoms with Crippen molar-refractivity contribution in [1.29, 1.82) is 0 Å². The van der Waals surface area contributed by atoms with Gasteiger partial charge in [0.05, 0.1) is 5.41 Å². The molecule has 0 aliphatic carbocycles. The zero-order chi connectivity index (χ0) is 29.1. The second-order valence-electron chi connectivity index (χ2n) is 10.3. The van der Waals surface area contributed by atoms with E-state index in [0.29, 0.717) is 0 Å². The topological polar surface area (TPSA) is 132 Å². The number of benzene rings is 2. The molecule has 2 aromatic carbocycles. The molecular formula is C29H35N3O8. The molecule has 1 fully saturated rings. The van der Waals surface area contributed by atoms with Crippen LogP contribution in [0.3, 0.4) is 0 Å². The maximum absolute atomic E-state index is 13.4. The number of hydrogen-bond acceptors (Lipinski definition) is 8. The minimum atomic E-state index is -0.891. The van der Waals surface area contributed by atoms with E-state index in [2.05, 4.69) is 5.32 Å². The van der Waals surface area contributed by atoms with Crippen molar-refractivity contribution in [2.45, 2.75) is 39.8 Å². The van der Waals surface area contributed by atoms with Gasteiger partial charge in [0.1, 0.15) is 25.7 Å². The largest absolute Gasteiger partial charge is 0.445 e. The van der Waals surface area contributed by atoms with Gasteiger partial charge in [0.25, 0.3) is 0 Å². The normalized spacial score (nSPS) is 15.3. The molecule has 1 atom stereocenters. The number of ether oxygens (including phenoxy) is 3. The molecule has 1 aliphatic heterocycles. The molecule has 2 aromatic rings. The predicted octanol–water partition coefficient (Wildman–Crippen LogP) is 2.28. The minimum absolute atomic E-state index is 0.0557. The van der Waals surface area contributed by atoms with Crippen LogP contribution >= 0.6 is 0 Å². The SMILES string of the molecule is CC(C)(C)C(=O)OCOC(=O)CN1CCN(C(=O)CNC(=O)OCc2ccccc2)[C@@H](Cc2ccccc2)C1=O. The second kappa shape index (κ2) is 14.1. The maximum Gasteiger partial charge on any atom is 0.407 e. The molecule has 0 saturated carbocycles. The first-order chi connectivity index (χ1) is 19.0. The number of piperazine rings is 1. The van der Waals surface area contributed by atoms with Crippen LogP contribution in [0.1, 0.15) is 31.9 Å². The Labute approximate surface area is 233 Å². The number of rotatable bonds is 10. The van der Waals surface area contributed by atoms with Crippen molar-refractivity contribution in [3.05, 3.63) is 71.8 Å². The van der Waals surface area contributed by atoms with Crippen LogP contribution in [0.15, 0.2) is 60.7 Å². The fourth-order valence-corrected chi connectivity index (χ4v) is 3.92. The van der Waals surface area contributed by atoms with Crippen molar-refractivity contribution < 1.29 is 38.2 Å². The van der Waals surface area contributed by atoms with Crippen LogP contribution in [0.4, 0.5) is 4.79 Å². The van der Waals surface area contributed by atoms with Crippen molar-refractivity contribution in [3.63, 3.8) is 0 Å². The Morgan fingerprint density at radius 2 is 1.50 bits per heavy atom. The van der Waals surface area contributed by atoms with Crippen molar-refractivity contribution in [1.82, 2.24) is 15.1 Å². The minimum Gasteiger partial charge on any atom is -0.445 e. The van der Waals surface area contributed by atoms with Gasteiger partial charge in [0.15, 0.2) is 0 Å². The molecule has 11 nitrogen and oxygen atoms in total. The van der Waals surface area contributed by atoms with Gasteiger partial charge in [-0.3, -0.25) is 19.2 Å². The van der Waals surface area contributed by atoms with Gasteiger partial charge < -0.3 is 29.3 Å². The third-order valence-electron chi connectivity index (χ3n) is 6.11. The van der Waals surface area contributed by atoms with Gasteiger partial charge in [0, 0.05) is 19.5 Å². The summed E-state index contributed by atoms with van der Waals surface area (Å²) in [7, 11) is 0. The van der Waals surface area contributed by atoms with Gasteiger partial charge in [-0.25, -0.2) is 4.79 Å². The Morgan fingerprint density at radius 1 is 0.875 bits per heavy atom. The standard InChI is InChI=1S/C29H35N3O8/c1-29(2,3)27(36)40-20-39-25(34)18-31-14-15-32(23(26(31)35)16-21-10-6-4-7-11-21)24(33)17-30-28(37)38-19-22-12-8-5-9-13-22/h4-13,23H,14-20H2,1-3H3,(H,30,37)/t23-/m0/s1. The summed E-state index contributed by atoms with van der Waals surface area (Å²) in [5.41, 5.74) is 0.885. The number of hydrogen-bond donors (Lipinski definition) is 1. The molecule has 40 heavy (non-hydrogen) atoms. The number of amides is 3. The van der Waals surface area contributed by atoms with Crippen LogP contribution in [-0.2, 0) is 46.4 Å². The summed E-state index contributed by atoms with van der Waals surface area (Å²) in [5, 5.41) is 2.44. The molecule has 1 N–H and O–H groups in total. The van der Waals surface area contributed by atoms with Crippen LogP contribution in [0.25, 0.3) is 0 Å². The summed E-state index contributed by atoms with van der Waals surface area (Å²) in [6.45, 7) is 4.05. The quantitative estimate of drug-likeness (QED) is 0.350. The summed E-state index contributed by atoms with van der Waals surface area (Å²) < 4.78 is 15.1. The fraction of sp³-hybridized carbons (Fsp3) is 0.414. The highest BCUT2D eigenvalue weighted by molar-refractivity contribution is 5.92. The van der Waals surface area contributed by atoms with Crippen LogP contribution in [0, 0.1) is 5.41 Å². The van der Waals surface area contributed by atoms with E-state index < -0.39 is 48.1 Å². The summed E-state index contributed by atoms with van der Waals surface area (Å²) in [4.78, 5) is 65.6. The van der Waals surface area contributed by atoms with Gasteiger partial charge in [-0.2, -0.15) is 0 Å². The number of esters is 2. The first-order valence-corrected chi connectivity index (χ1v) is 12.9. The van der Waals surface area contributed by atoms with E-state index in [-0.39, 0.29) is 39.2 Å². The second-order valence-corrected chi connectivity index (χ2v) is 10.3. The number of alkyl carbamates (subject to hydrolysis) is 1. The Balaban J connectivity index is 1.58. The summed E-state index contributed by atoms with van der Waals surface area (Å²) in [5.74, 6) is -2.15. The summed E-state index contributed by atoms with van der Waals surface area (Å²) in [6.07, 6.45) is -0.532. The zero-order valence-corrected chi connectivity index (χ0v) is 23.0. The van der Waals surface area contributed by atoms with Gasteiger partial charge in [-0.1, -0.05) is 60.7 Å². The Kier molecular flexibility index (Phi) is 10.6. The molecule has 3 amide bonds. The van der Waals surface area contributed by atoms with Crippen LogP contribution in [-0.4, -0.2) is 78.7 Å². The molecule has 3 rings (SSSR count). The highest BCUT2D eigenvalue weighted by Crippen LogP contribution is 2.18. The first kappa shape index (κ1) is 30.1. The number of carbonyl (C=O) groups is 5. The molecular weight excluding hydrogens is 518 g/mol. The summed E-state index contributed by atoms with van der Waals surface area (Å²) >= 11 is 0.